The Balaban J connectivity index is 1.56. The summed E-state index contributed by atoms with van der Waals surface area (Å²) in [5, 5.41) is 6.39. The first-order chi connectivity index (χ1) is 15.4. The second-order valence-corrected chi connectivity index (χ2v) is 8.24. The van der Waals surface area contributed by atoms with Gasteiger partial charge >= 0.3 is 0 Å². The fraction of sp³-hybridized carbons (Fsp3) is 0.348. The van der Waals surface area contributed by atoms with Crippen LogP contribution in [0.5, 0.6) is 5.75 Å². The Labute approximate surface area is 198 Å². The van der Waals surface area contributed by atoms with Crippen LogP contribution in [0.25, 0.3) is 0 Å². The van der Waals surface area contributed by atoms with E-state index in [0.29, 0.717) is 41.5 Å². The number of thiocarbonyl (C=S) groups is 1. The van der Waals surface area contributed by atoms with Gasteiger partial charge in [0.05, 0.1) is 17.8 Å². The number of halogens is 1. The molecule has 2 aromatic rings. The molecule has 1 fully saturated rings. The molecule has 3 rings (SSSR count). The summed E-state index contributed by atoms with van der Waals surface area (Å²) in [4.78, 5) is 28.6. The summed E-state index contributed by atoms with van der Waals surface area (Å²) in [6, 6.07) is 12.4. The van der Waals surface area contributed by atoms with Gasteiger partial charge in [0.1, 0.15) is 5.75 Å². The first kappa shape index (κ1) is 23.8. The highest BCUT2D eigenvalue weighted by atomic mass is 35.5. The third kappa shape index (κ3) is 6.11. The fourth-order valence-corrected chi connectivity index (χ4v) is 4.02. The van der Waals surface area contributed by atoms with E-state index in [1.165, 1.54) is 0 Å². The van der Waals surface area contributed by atoms with Gasteiger partial charge in [-0.2, -0.15) is 0 Å². The van der Waals surface area contributed by atoms with Crippen LogP contribution in [0.15, 0.2) is 42.5 Å². The van der Waals surface area contributed by atoms with E-state index in [4.69, 9.17) is 28.6 Å². The molecular weight excluding hydrogens is 448 g/mol. The molecule has 1 saturated heterocycles. The molecule has 2 amide bonds. The number of carbonyl (C=O) groups is 2. The van der Waals surface area contributed by atoms with E-state index < -0.39 is 0 Å². The number of hydrogen-bond donors (Lipinski definition) is 2. The molecule has 0 spiro atoms. The molecule has 9 heteroatoms. The number of anilines is 2. The van der Waals surface area contributed by atoms with Crippen molar-refractivity contribution in [1.82, 2.24) is 10.2 Å². The molecule has 0 bridgehead atoms. The maximum Gasteiger partial charge on any atom is 0.257 e. The molecule has 0 atom stereocenters. The van der Waals surface area contributed by atoms with E-state index in [1.807, 2.05) is 24.0 Å². The smallest absolute Gasteiger partial charge is 0.257 e. The number of ether oxygens (including phenoxy) is 1. The summed E-state index contributed by atoms with van der Waals surface area (Å²) in [5.74, 6) is 0.469. The van der Waals surface area contributed by atoms with E-state index in [9.17, 15) is 9.59 Å². The van der Waals surface area contributed by atoms with Gasteiger partial charge in [-0.05, 0) is 55.0 Å². The largest absolute Gasteiger partial charge is 0.497 e. The van der Waals surface area contributed by atoms with Crippen LogP contribution in [-0.4, -0.2) is 55.1 Å². The summed E-state index contributed by atoms with van der Waals surface area (Å²) in [6.07, 6.45) is 1.45. The van der Waals surface area contributed by atoms with Gasteiger partial charge < -0.3 is 19.9 Å². The average Bonchev–Trinajstić information content (AvgIpc) is 2.79. The monoisotopic (exact) mass is 474 g/mol. The standard InChI is InChI=1S/C23H27ClN4O3S/c1-3-5-21(29)28-12-10-27(11-13-28)20-9-8-17(15-19(20)24)25-23(32)26-22(30)16-6-4-7-18(14-16)31-2/h4,6-9,14-15H,3,5,10-13H2,1-2H3,(H2,25,26,30,32). The van der Waals surface area contributed by atoms with Crippen molar-refractivity contribution < 1.29 is 14.3 Å². The van der Waals surface area contributed by atoms with Crippen LogP contribution in [0.4, 0.5) is 11.4 Å². The summed E-state index contributed by atoms with van der Waals surface area (Å²) in [5.41, 5.74) is 2.02. The van der Waals surface area contributed by atoms with Gasteiger partial charge in [-0.25, -0.2) is 0 Å². The Morgan fingerprint density at radius 1 is 1.12 bits per heavy atom. The number of carbonyl (C=O) groups excluding carboxylic acids is 2. The molecular formula is C23H27ClN4O3S. The molecule has 0 aromatic heterocycles. The lowest BCUT2D eigenvalue weighted by Crippen LogP contribution is -2.48. The summed E-state index contributed by atoms with van der Waals surface area (Å²) in [7, 11) is 1.54. The van der Waals surface area contributed by atoms with Crippen LogP contribution >= 0.6 is 23.8 Å². The highest BCUT2D eigenvalue weighted by molar-refractivity contribution is 7.80. The zero-order chi connectivity index (χ0) is 23.1. The van der Waals surface area contributed by atoms with Crippen LogP contribution in [0, 0.1) is 0 Å². The van der Waals surface area contributed by atoms with E-state index >= 15 is 0 Å². The molecule has 0 unspecified atom stereocenters. The number of methoxy groups -OCH3 is 1. The maximum atomic E-state index is 12.4. The van der Waals surface area contributed by atoms with Gasteiger partial charge in [0.2, 0.25) is 5.91 Å². The molecule has 1 aliphatic rings. The van der Waals surface area contributed by atoms with Crippen molar-refractivity contribution in [2.24, 2.45) is 0 Å². The molecule has 2 N–H and O–H groups in total. The molecule has 2 aromatic carbocycles. The van der Waals surface area contributed by atoms with Crippen LogP contribution in [0.3, 0.4) is 0 Å². The van der Waals surface area contributed by atoms with Crippen molar-refractivity contribution in [3.8, 4) is 5.75 Å². The summed E-state index contributed by atoms with van der Waals surface area (Å²) < 4.78 is 5.14. The zero-order valence-corrected chi connectivity index (χ0v) is 19.8. The van der Waals surface area contributed by atoms with Crippen LogP contribution < -0.4 is 20.3 Å². The Hall–Kier alpha value is -2.84. The van der Waals surface area contributed by atoms with Gasteiger partial charge in [0.15, 0.2) is 5.11 Å². The van der Waals surface area contributed by atoms with Gasteiger partial charge in [0.25, 0.3) is 5.91 Å². The molecule has 1 aliphatic heterocycles. The van der Waals surface area contributed by atoms with Crippen molar-refractivity contribution in [1.29, 1.82) is 0 Å². The lowest BCUT2D eigenvalue weighted by atomic mass is 10.2. The van der Waals surface area contributed by atoms with Crippen molar-refractivity contribution in [2.75, 3.05) is 43.5 Å². The SMILES string of the molecule is CCCC(=O)N1CCN(c2ccc(NC(=S)NC(=O)c3cccc(OC)c3)cc2Cl)CC1. The molecule has 0 radical (unpaired) electrons. The van der Waals surface area contributed by atoms with Crippen molar-refractivity contribution >= 4 is 52.1 Å². The van der Waals surface area contributed by atoms with Crippen LogP contribution in [0.2, 0.25) is 5.02 Å². The Bertz CT molecular complexity index is 993. The van der Waals surface area contributed by atoms with E-state index in [-0.39, 0.29) is 16.9 Å². The van der Waals surface area contributed by atoms with Gasteiger partial charge in [-0.1, -0.05) is 24.6 Å². The highest BCUT2D eigenvalue weighted by Crippen LogP contribution is 2.29. The number of piperazine rings is 1. The molecule has 1 heterocycles. The fourth-order valence-electron chi connectivity index (χ4n) is 3.51. The Morgan fingerprint density at radius 3 is 2.53 bits per heavy atom. The molecule has 0 aliphatic carbocycles. The number of nitrogens with zero attached hydrogens (tertiary/aromatic N) is 2. The first-order valence-electron chi connectivity index (χ1n) is 10.5. The molecule has 170 valence electrons. The number of benzene rings is 2. The Morgan fingerprint density at radius 2 is 1.88 bits per heavy atom. The minimum Gasteiger partial charge on any atom is -0.497 e. The van der Waals surface area contributed by atoms with E-state index in [2.05, 4.69) is 15.5 Å². The highest BCUT2D eigenvalue weighted by Gasteiger charge is 2.22. The van der Waals surface area contributed by atoms with Gasteiger partial charge in [-0.15, -0.1) is 0 Å². The molecule has 0 saturated carbocycles. The minimum atomic E-state index is -0.334. The lowest BCUT2D eigenvalue weighted by Gasteiger charge is -2.36. The number of hydrogen-bond acceptors (Lipinski definition) is 5. The van der Waals surface area contributed by atoms with Crippen molar-refractivity contribution in [3.63, 3.8) is 0 Å². The zero-order valence-electron chi connectivity index (χ0n) is 18.2. The number of amides is 2. The lowest BCUT2D eigenvalue weighted by molar-refractivity contribution is -0.131. The Kier molecular flexibility index (Phi) is 8.30. The number of nitrogens with one attached hydrogen (secondary N) is 2. The predicted molar refractivity (Wildman–Crippen MR) is 132 cm³/mol. The first-order valence-corrected chi connectivity index (χ1v) is 11.3. The summed E-state index contributed by atoms with van der Waals surface area (Å²) in [6.45, 7) is 4.86. The normalized spacial score (nSPS) is 13.5. The van der Waals surface area contributed by atoms with Crippen molar-refractivity contribution in [2.45, 2.75) is 19.8 Å². The average molecular weight is 475 g/mol. The van der Waals surface area contributed by atoms with E-state index in [0.717, 1.165) is 25.2 Å². The van der Waals surface area contributed by atoms with Gasteiger partial charge in [0, 0.05) is 43.9 Å². The molecule has 7 nitrogen and oxygen atoms in total. The number of rotatable bonds is 6. The minimum absolute atomic E-state index is 0.171. The third-order valence-electron chi connectivity index (χ3n) is 5.20. The van der Waals surface area contributed by atoms with Crippen molar-refractivity contribution in [3.05, 3.63) is 53.1 Å². The predicted octanol–water partition coefficient (Wildman–Crippen LogP) is 3.92. The second-order valence-electron chi connectivity index (χ2n) is 7.42. The summed E-state index contributed by atoms with van der Waals surface area (Å²) >= 11 is 11.8. The van der Waals surface area contributed by atoms with E-state index in [1.54, 1.807) is 37.4 Å². The topological polar surface area (TPSA) is 73.9 Å². The second kappa shape index (κ2) is 11.2. The van der Waals surface area contributed by atoms with Crippen LogP contribution in [0.1, 0.15) is 30.1 Å². The third-order valence-corrected chi connectivity index (χ3v) is 5.71. The van der Waals surface area contributed by atoms with Crippen LogP contribution in [-0.2, 0) is 4.79 Å². The quantitative estimate of drug-likeness (QED) is 0.618. The maximum absolute atomic E-state index is 12.4. The molecule has 32 heavy (non-hydrogen) atoms. The van der Waals surface area contributed by atoms with Gasteiger partial charge in [-0.3, -0.25) is 14.9 Å².